The van der Waals surface area contributed by atoms with E-state index in [1.54, 1.807) is 28.4 Å². The smallest absolute Gasteiger partial charge is 0.416 e. The molecule has 0 saturated carbocycles. The van der Waals surface area contributed by atoms with Crippen LogP contribution in [0.4, 0.5) is 26.3 Å². The SMILES string of the molecule is C=C(Cc1cc(C(F)(F)F)cc(C(F)(F)F)c1)N[C@@H](CN=P(c1ccc(C)c(C)c1)(c1ccc(OC)c(OC)c1)c1ccc(OC)c(OC)c1)C(C)(C)C. The van der Waals surface area contributed by atoms with Gasteiger partial charge in [0.25, 0.3) is 0 Å². The number of halogens is 6. The Bertz CT molecular complexity index is 1940. The topological polar surface area (TPSA) is 61.3 Å². The minimum atomic E-state index is -4.97. The number of nitrogens with one attached hydrogen (secondary N) is 1. The number of rotatable bonds is 13. The molecule has 4 aromatic rings. The Hall–Kier alpha value is -4.57. The first-order valence-electron chi connectivity index (χ1n) is 17.0. The molecule has 0 aliphatic carbocycles. The van der Waals surface area contributed by atoms with E-state index in [0.29, 0.717) is 23.0 Å². The molecule has 0 radical (unpaired) electrons. The van der Waals surface area contributed by atoms with Gasteiger partial charge in [0, 0.05) is 28.0 Å². The predicted octanol–water partition coefficient (Wildman–Crippen LogP) is 9.61. The summed E-state index contributed by atoms with van der Waals surface area (Å²) in [6, 6.07) is 18.7. The first-order valence-corrected chi connectivity index (χ1v) is 18.8. The number of ether oxygens (including phenoxy) is 4. The third-order valence-corrected chi connectivity index (χ3v) is 13.0. The number of methoxy groups -OCH3 is 4. The van der Waals surface area contributed by atoms with Crippen LogP contribution in [-0.2, 0) is 18.8 Å². The summed E-state index contributed by atoms with van der Waals surface area (Å²) in [5, 5.41) is 5.94. The van der Waals surface area contributed by atoms with E-state index in [4.69, 9.17) is 23.7 Å². The van der Waals surface area contributed by atoms with E-state index in [-0.39, 0.29) is 30.3 Å². The second-order valence-electron chi connectivity index (χ2n) is 14.1. The fourth-order valence-electron chi connectivity index (χ4n) is 6.08. The lowest BCUT2D eigenvalue weighted by molar-refractivity contribution is -0.143. The van der Waals surface area contributed by atoms with Crippen LogP contribution in [0.3, 0.4) is 0 Å². The highest BCUT2D eigenvalue weighted by molar-refractivity contribution is 7.87. The molecule has 0 aliphatic rings. The number of allylic oxidation sites excluding steroid dienone is 1. The summed E-state index contributed by atoms with van der Waals surface area (Å²) in [6.07, 6.45) is -10.2. The summed E-state index contributed by atoms with van der Waals surface area (Å²) in [6.45, 7) is 14.2. The van der Waals surface area contributed by atoms with Crippen LogP contribution in [0.25, 0.3) is 0 Å². The molecule has 6 nitrogen and oxygen atoms in total. The van der Waals surface area contributed by atoms with Crippen molar-refractivity contribution in [2.75, 3.05) is 35.0 Å². The van der Waals surface area contributed by atoms with Crippen LogP contribution in [0, 0.1) is 19.3 Å². The maximum atomic E-state index is 13.7. The van der Waals surface area contributed by atoms with Gasteiger partial charge in [-0.15, -0.1) is 0 Å². The van der Waals surface area contributed by atoms with Crippen molar-refractivity contribution >= 4 is 23.0 Å². The van der Waals surface area contributed by atoms with Gasteiger partial charge < -0.3 is 24.3 Å². The molecule has 0 spiro atoms. The van der Waals surface area contributed by atoms with E-state index >= 15 is 0 Å². The lowest BCUT2D eigenvalue weighted by atomic mass is 9.86. The Labute approximate surface area is 313 Å². The number of hydrogen-bond donors (Lipinski definition) is 1. The zero-order valence-electron chi connectivity index (χ0n) is 31.9. The highest BCUT2D eigenvalue weighted by atomic mass is 31.2. The minimum Gasteiger partial charge on any atom is -0.493 e. The minimum absolute atomic E-state index is 0.120. The molecule has 13 heteroatoms. The van der Waals surface area contributed by atoms with Gasteiger partial charge in [-0.3, -0.25) is 4.74 Å². The van der Waals surface area contributed by atoms with Gasteiger partial charge in [-0.2, -0.15) is 26.3 Å². The largest absolute Gasteiger partial charge is 0.493 e. The lowest BCUT2D eigenvalue weighted by Gasteiger charge is -2.35. The molecular weight excluding hydrogens is 729 g/mol. The van der Waals surface area contributed by atoms with E-state index in [1.165, 1.54) is 0 Å². The van der Waals surface area contributed by atoms with Gasteiger partial charge in [0.1, 0.15) is 0 Å². The Morgan fingerprint density at radius 3 is 1.50 bits per heavy atom. The molecule has 0 bridgehead atoms. The Kier molecular flexibility index (Phi) is 12.8. The van der Waals surface area contributed by atoms with E-state index in [2.05, 4.69) is 24.0 Å². The van der Waals surface area contributed by atoms with E-state index < -0.39 is 42.0 Å². The van der Waals surface area contributed by atoms with Crippen LogP contribution in [0.15, 0.2) is 89.8 Å². The molecule has 0 amide bonds. The standard InChI is InChI=1S/C41H47F6N2O4P/c1-25-11-12-31(17-26(25)2)54(32-13-15-34(50-7)36(22-32)52-9,33-14-16-35(51-8)37(23-33)53-10)48-24-38(39(4,5)6)49-27(3)18-28-19-29(40(42,43)44)21-30(20-28)41(45,46)47/h11-17,19-23,38,49H,3,18,24H2,1-2,4-10H3/t38-/m0/s1. The molecule has 0 saturated heterocycles. The Morgan fingerprint density at radius 1 is 0.648 bits per heavy atom. The van der Waals surface area contributed by atoms with E-state index in [0.717, 1.165) is 39.2 Å². The van der Waals surface area contributed by atoms with Crippen molar-refractivity contribution in [3.8, 4) is 23.0 Å². The number of alkyl halides is 6. The van der Waals surface area contributed by atoms with Crippen molar-refractivity contribution in [1.82, 2.24) is 5.32 Å². The molecule has 0 fully saturated rings. The van der Waals surface area contributed by atoms with Gasteiger partial charge in [0.05, 0.1) is 59.2 Å². The van der Waals surface area contributed by atoms with Crippen molar-refractivity contribution in [1.29, 1.82) is 0 Å². The van der Waals surface area contributed by atoms with Crippen molar-refractivity contribution in [3.63, 3.8) is 0 Å². The van der Waals surface area contributed by atoms with Crippen LogP contribution in [-0.4, -0.2) is 41.0 Å². The Morgan fingerprint density at radius 2 is 1.09 bits per heavy atom. The molecule has 0 aliphatic heterocycles. The summed E-state index contributed by atoms with van der Waals surface area (Å²) >= 11 is 0. The van der Waals surface area contributed by atoms with Crippen LogP contribution >= 0.6 is 7.05 Å². The monoisotopic (exact) mass is 776 g/mol. The predicted molar refractivity (Wildman–Crippen MR) is 204 cm³/mol. The highest BCUT2D eigenvalue weighted by Crippen LogP contribution is 2.50. The molecule has 1 atom stereocenters. The van der Waals surface area contributed by atoms with Crippen molar-refractivity contribution in [2.24, 2.45) is 10.2 Å². The maximum Gasteiger partial charge on any atom is 0.416 e. The van der Waals surface area contributed by atoms with Crippen molar-refractivity contribution < 1.29 is 45.3 Å². The second-order valence-corrected chi connectivity index (χ2v) is 17.2. The quantitative estimate of drug-likeness (QED) is 0.108. The fraction of sp³-hybridized carbons (Fsp3) is 0.366. The summed E-state index contributed by atoms with van der Waals surface area (Å²) in [5.74, 6) is 2.05. The molecule has 0 unspecified atom stereocenters. The van der Waals surface area contributed by atoms with Gasteiger partial charge in [0.15, 0.2) is 23.0 Å². The average molecular weight is 777 g/mol. The first kappa shape index (κ1) is 42.2. The second kappa shape index (κ2) is 16.4. The first-order chi connectivity index (χ1) is 25.2. The average Bonchev–Trinajstić information content (AvgIpc) is 3.10. The van der Waals surface area contributed by atoms with Gasteiger partial charge in [-0.05, 0) is 96.6 Å². The lowest BCUT2D eigenvalue weighted by Crippen LogP contribution is -2.42. The van der Waals surface area contributed by atoms with Crippen LogP contribution in [0.5, 0.6) is 23.0 Å². The molecule has 54 heavy (non-hydrogen) atoms. The number of benzene rings is 4. The van der Waals surface area contributed by atoms with Crippen LogP contribution < -0.4 is 40.2 Å². The molecule has 0 heterocycles. The maximum absolute atomic E-state index is 13.7. The van der Waals surface area contributed by atoms with E-state index in [1.807, 2.05) is 77.1 Å². The van der Waals surface area contributed by atoms with E-state index in [9.17, 15) is 26.3 Å². The zero-order chi connectivity index (χ0) is 40.2. The molecule has 0 aromatic heterocycles. The number of nitrogens with zero attached hydrogens (tertiary/aromatic N) is 1. The Balaban J connectivity index is 1.95. The van der Waals surface area contributed by atoms with Crippen molar-refractivity contribution in [3.05, 3.63) is 113 Å². The number of aryl methyl sites for hydroxylation is 2. The van der Waals surface area contributed by atoms with Gasteiger partial charge in [-0.1, -0.05) is 39.5 Å². The molecular formula is C41H47F6N2O4P. The van der Waals surface area contributed by atoms with Crippen LogP contribution in [0.1, 0.15) is 48.6 Å². The molecule has 4 aromatic carbocycles. The van der Waals surface area contributed by atoms with Gasteiger partial charge in [-0.25, -0.2) is 0 Å². The summed E-state index contributed by atoms with van der Waals surface area (Å²) in [5.41, 5.74) is -1.07. The van der Waals surface area contributed by atoms with Gasteiger partial charge >= 0.3 is 12.4 Å². The van der Waals surface area contributed by atoms with Crippen LogP contribution in [0.2, 0.25) is 0 Å². The third-order valence-electron chi connectivity index (χ3n) is 9.31. The molecule has 292 valence electrons. The molecule has 1 N–H and O–H groups in total. The summed E-state index contributed by atoms with van der Waals surface area (Å²) in [4.78, 5) is 0. The van der Waals surface area contributed by atoms with Gasteiger partial charge in [0.2, 0.25) is 0 Å². The highest BCUT2D eigenvalue weighted by Gasteiger charge is 2.37. The van der Waals surface area contributed by atoms with Crippen molar-refractivity contribution in [2.45, 2.75) is 59.4 Å². The summed E-state index contributed by atoms with van der Waals surface area (Å²) < 4.78 is 110. The third kappa shape index (κ3) is 9.38. The summed E-state index contributed by atoms with van der Waals surface area (Å²) in [7, 11) is 3.22. The number of hydrogen-bond acceptors (Lipinski definition) is 6. The normalized spacial score (nSPS) is 12.9. The fourth-order valence-corrected chi connectivity index (χ4v) is 9.73. The molecule has 4 rings (SSSR count). The zero-order valence-corrected chi connectivity index (χ0v) is 32.8.